The molecular formula is C49H64N2O9S. The Kier molecular flexibility index (Phi) is 17.6. The van der Waals surface area contributed by atoms with Crippen LogP contribution in [0.4, 0.5) is 4.79 Å². The monoisotopic (exact) mass is 856 g/mol. The Bertz CT molecular complexity index is 1910. The van der Waals surface area contributed by atoms with Gasteiger partial charge in [0.1, 0.15) is 36.5 Å². The van der Waals surface area contributed by atoms with E-state index in [0.717, 1.165) is 58.7 Å². The Hall–Kier alpha value is -4.33. The van der Waals surface area contributed by atoms with E-state index in [4.69, 9.17) is 33.7 Å². The number of aliphatic hydroxyl groups is 2. The molecule has 1 saturated carbocycles. The number of unbranched alkanes of at least 4 members (excludes halogenated alkanes) is 2. The van der Waals surface area contributed by atoms with Crippen LogP contribution < -0.4 is 9.47 Å². The normalized spacial score (nSPS) is 23.3. The highest BCUT2D eigenvalue weighted by atomic mass is 32.2. The molecule has 6 rings (SSSR count). The molecule has 1 heterocycles. The lowest BCUT2D eigenvalue weighted by molar-refractivity contribution is -0.255. The molecule has 0 radical (unpaired) electrons. The minimum absolute atomic E-state index is 0.0745. The second-order valence-corrected chi connectivity index (χ2v) is 16.7. The number of carbonyl (C=O) groups excluding carboxylic acids is 1. The molecule has 1 aliphatic heterocycles. The second kappa shape index (κ2) is 23.2. The molecule has 3 aromatic rings. The number of hydrogen-bond acceptors (Lipinski definition) is 11. The number of benzene rings is 3. The molecule has 0 bridgehead atoms. The molecule has 12 heteroatoms. The molecule has 330 valence electrons. The van der Waals surface area contributed by atoms with Crippen LogP contribution in [0, 0.1) is 17.8 Å². The maximum atomic E-state index is 14.4. The van der Waals surface area contributed by atoms with Crippen LogP contribution in [0.3, 0.4) is 0 Å². The molecule has 61 heavy (non-hydrogen) atoms. The van der Waals surface area contributed by atoms with Gasteiger partial charge in [0.15, 0.2) is 0 Å². The van der Waals surface area contributed by atoms with Gasteiger partial charge in [0.25, 0.3) is 0 Å². The molecule has 0 saturated heterocycles. The number of allylic oxidation sites excluding steroid dienone is 1. The summed E-state index contributed by atoms with van der Waals surface area (Å²) in [6.07, 6.45) is 11.3. The third-order valence-corrected chi connectivity index (χ3v) is 12.6. The van der Waals surface area contributed by atoms with Gasteiger partial charge in [-0.3, -0.25) is 4.90 Å². The van der Waals surface area contributed by atoms with Gasteiger partial charge in [-0.25, -0.2) is 4.79 Å². The van der Waals surface area contributed by atoms with Gasteiger partial charge in [-0.15, -0.1) is 18.3 Å². The Labute approximate surface area is 366 Å². The molecule has 2 N–H and O–H groups in total. The van der Waals surface area contributed by atoms with Crippen molar-refractivity contribution in [1.82, 2.24) is 4.90 Å². The van der Waals surface area contributed by atoms with Crippen molar-refractivity contribution in [3.63, 3.8) is 0 Å². The SMILES string of the molecule is C=CCO[C@@]12Oc3ccc(Oc4ccc(SC)cc4)cc3[C@H]3[C@H](CCCCO)[C@@H](CCCCO)C=C(C(=NOCC)C[C@@H]1N(CCC)C(=O)OCCOCc1ccccc1)[C@H]32. The quantitative estimate of drug-likeness (QED) is 0.0389. The summed E-state index contributed by atoms with van der Waals surface area (Å²) < 4.78 is 32.8. The Morgan fingerprint density at radius 2 is 1.74 bits per heavy atom. The molecular weight excluding hydrogens is 793 g/mol. The second-order valence-electron chi connectivity index (χ2n) is 15.8. The van der Waals surface area contributed by atoms with Crippen molar-refractivity contribution in [2.75, 3.05) is 52.4 Å². The average molecular weight is 857 g/mol. The van der Waals surface area contributed by atoms with E-state index in [1.807, 2.05) is 86.8 Å². The van der Waals surface area contributed by atoms with Crippen LogP contribution in [-0.4, -0.2) is 91.2 Å². The number of oxime groups is 1. The first-order chi connectivity index (χ1) is 29.9. The van der Waals surface area contributed by atoms with Crippen LogP contribution in [0.25, 0.3) is 0 Å². The van der Waals surface area contributed by atoms with Crippen LogP contribution >= 0.6 is 11.8 Å². The maximum absolute atomic E-state index is 14.4. The van der Waals surface area contributed by atoms with E-state index in [-0.39, 0.29) is 50.8 Å². The van der Waals surface area contributed by atoms with Gasteiger partial charge in [-0.05, 0) is 111 Å². The summed E-state index contributed by atoms with van der Waals surface area (Å²) in [6.45, 7) is 9.86. The number of nitrogens with zero attached hydrogens (tertiary/aromatic N) is 2. The largest absolute Gasteiger partial charge is 0.459 e. The van der Waals surface area contributed by atoms with Crippen molar-refractivity contribution < 1.29 is 43.5 Å². The number of thioether (sulfide) groups is 1. The fraction of sp³-hybridized carbons (Fsp3) is 0.510. The zero-order valence-corrected chi connectivity index (χ0v) is 36.9. The predicted octanol–water partition coefficient (Wildman–Crippen LogP) is 9.92. The molecule has 0 aromatic heterocycles. The lowest BCUT2D eigenvalue weighted by atomic mass is 9.55. The smallest absolute Gasteiger partial charge is 0.410 e. The van der Waals surface area contributed by atoms with Gasteiger partial charge in [-0.2, -0.15) is 0 Å². The van der Waals surface area contributed by atoms with E-state index >= 15 is 0 Å². The van der Waals surface area contributed by atoms with Gasteiger partial charge in [0, 0.05) is 42.6 Å². The third kappa shape index (κ3) is 11.2. The van der Waals surface area contributed by atoms with Crippen molar-refractivity contribution >= 4 is 23.6 Å². The number of rotatable bonds is 24. The molecule has 11 nitrogen and oxygen atoms in total. The molecule has 1 fully saturated rings. The number of hydrogen-bond donors (Lipinski definition) is 2. The fourth-order valence-corrected chi connectivity index (χ4v) is 9.69. The summed E-state index contributed by atoms with van der Waals surface area (Å²) in [4.78, 5) is 23.2. The van der Waals surface area contributed by atoms with E-state index in [0.29, 0.717) is 56.9 Å². The highest BCUT2D eigenvalue weighted by molar-refractivity contribution is 7.98. The van der Waals surface area contributed by atoms with Crippen molar-refractivity contribution in [2.45, 2.75) is 94.5 Å². The van der Waals surface area contributed by atoms with Crippen molar-refractivity contribution in [1.29, 1.82) is 0 Å². The summed E-state index contributed by atoms with van der Waals surface area (Å²) in [7, 11) is 0. The number of aliphatic hydroxyl groups excluding tert-OH is 2. The molecule has 1 amide bonds. The number of fused-ring (bicyclic) bond motifs is 2. The van der Waals surface area contributed by atoms with Gasteiger partial charge in [-0.1, -0.05) is 67.4 Å². The topological polar surface area (TPSA) is 129 Å². The Morgan fingerprint density at radius 3 is 2.44 bits per heavy atom. The van der Waals surface area contributed by atoms with Gasteiger partial charge in [0.2, 0.25) is 5.79 Å². The summed E-state index contributed by atoms with van der Waals surface area (Å²) in [6, 6.07) is 23.3. The summed E-state index contributed by atoms with van der Waals surface area (Å²) in [5.41, 5.74) is 3.76. The first-order valence-corrected chi connectivity index (χ1v) is 23.2. The summed E-state index contributed by atoms with van der Waals surface area (Å²) in [5, 5.41) is 24.6. The maximum Gasteiger partial charge on any atom is 0.410 e. The first kappa shape index (κ1) is 46.2. The zero-order valence-electron chi connectivity index (χ0n) is 36.0. The van der Waals surface area contributed by atoms with E-state index < -0.39 is 23.8 Å². The molecule has 3 aromatic carbocycles. The lowest BCUT2D eigenvalue weighted by Gasteiger charge is -2.59. The highest BCUT2D eigenvalue weighted by Gasteiger charge is 2.65. The number of carbonyl (C=O) groups is 1. The van der Waals surface area contributed by atoms with E-state index in [1.165, 1.54) is 0 Å². The molecule has 2 aliphatic carbocycles. The van der Waals surface area contributed by atoms with E-state index in [1.54, 1.807) is 22.7 Å². The third-order valence-electron chi connectivity index (χ3n) is 11.9. The molecule has 6 atom stereocenters. The van der Waals surface area contributed by atoms with Gasteiger partial charge >= 0.3 is 6.09 Å². The highest BCUT2D eigenvalue weighted by Crippen LogP contribution is 2.62. The van der Waals surface area contributed by atoms with Crippen molar-refractivity contribution in [3.05, 3.63) is 108 Å². The van der Waals surface area contributed by atoms with Crippen molar-refractivity contribution in [2.24, 2.45) is 22.9 Å². The van der Waals surface area contributed by atoms with Crippen molar-refractivity contribution in [3.8, 4) is 17.2 Å². The van der Waals surface area contributed by atoms with Crippen LogP contribution in [0.15, 0.2) is 107 Å². The van der Waals surface area contributed by atoms with Gasteiger partial charge < -0.3 is 38.7 Å². The molecule has 0 unspecified atom stereocenters. The predicted molar refractivity (Wildman–Crippen MR) is 239 cm³/mol. The minimum Gasteiger partial charge on any atom is -0.459 e. The van der Waals surface area contributed by atoms with Gasteiger partial charge in [0.05, 0.1) is 31.5 Å². The van der Waals surface area contributed by atoms with Crippen LogP contribution in [0.2, 0.25) is 0 Å². The first-order valence-electron chi connectivity index (χ1n) is 22.0. The average Bonchev–Trinajstić information content (AvgIpc) is 3.28. The van der Waals surface area contributed by atoms with Crippen LogP contribution in [-0.2, 0) is 25.7 Å². The van der Waals surface area contributed by atoms with E-state index in [2.05, 4.69) is 18.7 Å². The summed E-state index contributed by atoms with van der Waals surface area (Å²) >= 11 is 1.68. The van der Waals surface area contributed by atoms with Crippen LogP contribution in [0.1, 0.15) is 82.3 Å². The minimum atomic E-state index is -1.37. The lowest BCUT2D eigenvalue weighted by Crippen LogP contribution is -2.70. The number of ether oxygens (including phenoxy) is 5. The standard InChI is InChI=1S/C49H64N2O9S/c1-5-25-51(48(54)56-30-29-55-34-35-15-9-8-10-16-35)45-33-43(50-58-7-3)41-31-36(17-11-13-26-52)40(18-12-14-27-53)46-42-32-38(59-37-19-22-39(61-4)23-20-37)21-24-44(42)60-49(45,47(41)46)57-28-6-2/h6,8-10,15-16,19-24,31-32,36,40,45-47,52-53H,2,5,7,11-14,17-18,25-30,33-34H2,1,3-4H3/t36-,40+,45-,46+,47+,49+/m0/s1. The zero-order chi connectivity index (χ0) is 43.0. The van der Waals surface area contributed by atoms with E-state index in [9.17, 15) is 15.0 Å². The number of amides is 1. The fourth-order valence-electron chi connectivity index (χ4n) is 9.28. The Balaban J connectivity index is 1.46. The molecule has 3 aliphatic rings. The molecule has 0 spiro atoms. The van der Waals surface area contributed by atoms with Crippen LogP contribution in [0.5, 0.6) is 17.2 Å². The Morgan fingerprint density at radius 1 is 0.984 bits per heavy atom. The summed E-state index contributed by atoms with van der Waals surface area (Å²) in [5.74, 6) is 0.301.